The molecule has 1 atom stereocenters. The second kappa shape index (κ2) is 12.0. The van der Waals surface area contributed by atoms with E-state index < -0.39 is 10.0 Å². The molecule has 2 heterocycles. The maximum Gasteiger partial charge on any atom is 0.260 e. The molecule has 10 heteroatoms. The summed E-state index contributed by atoms with van der Waals surface area (Å²) >= 11 is 3.17. The zero-order chi connectivity index (χ0) is 26.7. The largest absolute Gasteiger partial charge is 0.376 e. The molecule has 0 N–H and O–H groups in total. The third kappa shape index (κ3) is 5.79. The molecule has 2 fully saturated rings. The first-order chi connectivity index (χ1) is 18.4. The van der Waals surface area contributed by atoms with Crippen molar-refractivity contribution in [2.75, 3.05) is 30.9 Å². The van der Waals surface area contributed by atoms with Crippen molar-refractivity contribution >= 4 is 54.4 Å². The maximum absolute atomic E-state index is 13.8. The monoisotopic (exact) mass is 573 g/mol. The van der Waals surface area contributed by atoms with Crippen LogP contribution in [0.5, 0.6) is 0 Å². The Hall–Kier alpha value is -1.98. The number of anilines is 1. The van der Waals surface area contributed by atoms with Gasteiger partial charge in [-0.05, 0) is 74.4 Å². The zero-order valence-electron chi connectivity index (χ0n) is 22.0. The maximum atomic E-state index is 13.8. The van der Waals surface area contributed by atoms with Crippen LogP contribution in [-0.4, -0.2) is 61.7 Å². The van der Waals surface area contributed by atoms with Crippen LogP contribution in [0, 0.1) is 0 Å². The van der Waals surface area contributed by atoms with E-state index in [1.54, 1.807) is 45.2 Å². The number of amides is 1. The van der Waals surface area contributed by atoms with Crippen molar-refractivity contribution in [2.45, 2.75) is 73.8 Å². The Kier molecular flexibility index (Phi) is 8.74. The van der Waals surface area contributed by atoms with Crippen LogP contribution in [0.15, 0.2) is 52.3 Å². The minimum atomic E-state index is -3.63. The SMILES string of the molecule is CCN(C1CCCCC1)S(=O)(=O)c1ccc(C(=O)N(CC2CCCO2)c2nc3ccc(SC)cc3s2)cc1. The molecule has 0 radical (unpaired) electrons. The average Bonchev–Trinajstić information content (AvgIpc) is 3.61. The molecule has 1 unspecified atom stereocenters. The Labute approximate surface area is 233 Å². The highest BCUT2D eigenvalue weighted by molar-refractivity contribution is 7.98. The van der Waals surface area contributed by atoms with E-state index in [2.05, 4.69) is 6.07 Å². The Morgan fingerprint density at radius 1 is 1.08 bits per heavy atom. The van der Waals surface area contributed by atoms with Gasteiger partial charge in [-0.2, -0.15) is 4.31 Å². The van der Waals surface area contributed by atoms with Crippen LogP contribution in [0.1, 0.15) is 62.2 Å². The van der Waals surface area contributed by atoms with Crippen LogP contribution in [-0.2, 0) is 14.8 Å². The minimum Gasteiger partial charge on any atom is -0.376 e. The average molecular weight is 574 g/mol. The van der Waals surface area contributed by atoms with Crippen molar-refractivity contribution in [3.8, 4) is 0 Å². The summed E-state index contributed by atoms with van der Waals surface area (Å²) < 4.78 is 35.5. The van der Waals surface area contributed by atoms with Crippen molar-refractivity contribution in [3.63, 3.8) is 0 Å². The van der Waals surface area contributed by atoms with Gasteiger partial charge in [-0.3, -0.25) is 9.69 Å². The molecule has 38 heavy (non-hydrogen) atoms. The summed E-state index contributed by atoms with van der Waals surface area (Å²) in [6, 6.07) is 12.6. The number of hydrogen-bond acceptors (Lipinski definition) is 7. The minimum absolute atomic E-state index is 0.0408. The molecule has 5 rings (SSSR count). The fourth-order valence-corrected chi connectivity index (χ4v) is 8.65. The molecular weight excluding hydrogens is 539 g/mol. The molecule has 1 aliphatic heterocycles. The molecule has 2 aromatic carbocycles. The summed E-state index contributed by atoms with van der Waals surface area (Å²) in [5, 5.41) is 0.630. The van der Waals surface area contributed by atoms with Gasteiger partial charge < -0.3 is 4.74 Å². The summed E-state index contributed by atoms with van der Waals surface area (Å²) in [5.41, 5.74) is 1.29. The number of aromatic nitrogens is 1. The second-order valence-corrected chi connectivity index (χ2v) is 13.7. The van der Waals surface area contributed by atoms with E-state index in [0.29, 0.717) is 30.4 Å². The predicted molar refractivity (Wildman–Crippen MR) is 155 cm³/mol. The van der Waals surface area contributed by atoms with Crippen LogP contribution in [0.4, 0.5) is 5.13 Å². The highest BCUT2D eigenvalue weighted by atomic mass is 32.2. The lowest BCUT2D eigenvalue weighted by Crippen LogP contribution is -2.41. The number of carbonyl (C=O) groups excluding carboxylic acids is 1. The fraction of sp³-hybridized carbons (Fsp3) is 0.500. The molecule has 3 aromatic rings. The molecule has 204 valence electrons. The Bertz CT molecular complexity index is 1360. The molecule has 1 saturated carbocycles. The second-order valence-electron chi connectivity index (χ2n) is 9.91. The number of nitrogens with zero attached hydrogens (tertiary/aromatic N) is 3. The van der Waals surface area contributed by atoms with Crippen LogP contribution in [0.2, 0.25) is 0 Å². The van der Waals surface area contributed by atoms with E-state index >= 15 is 0 Å². The molecular formula is C28H35N3O4S3. The van der Waals surface area contributed by atoms with Gasteiger partial charge in [0.25, 0.3) is 5.91 Å². The molecule has 7 nitrogen and oxygen atoms in total. The zero-order valence-corrected chi connectivity index (χ0v) is 24.4. The molecule has 0 bridgehead atoms. The van der Waals surface area contributed by atoms with Crippen LogP contribution in [0.25, 0.3) is 10.2 Å². The van der Waals surface area contributed by atoms with E-state index in [1.807, 2.05) is 25.3 Å². The van der Waals surface area contributed by atoms with E-state index in [0.717, 1.165) is 53.6 Å². The van der Waals surface area contributed by atoms with Crippen molar-refractivity contribution in [2.24, 2.45) is 0 Å². The quantitative estimate of drug-likeness (QED) is 0.284. The van der Waals surface area contributed by atoms with Crippen LogP contribution >= 0.6 is 23.1 Å². The normalized spacial score (nSPS) is 18.9. The van der Waals surface area contributed by atoms with Crippen molar-refractivity contribution in [1.82, 2.24) is 9.29 Å². The third-order valence-electron chi connectivity index (χ3n) is 7.47. The number of benzene rings is 2. The van der Waals surface area contributed by atoms with Gasteiger partial charge in [-0.15, -0.1) is 11.8 Å². The summed E-state index contributed by atoms with van der Waals surface area (Å²) in [5.74, 6) is -0.201. The standard InChI is InChI=1S/C28H35N3O4S3/c1-3-31(21-8-5-4-6-9-21)38(33,34)24-14-11-20(12-15-24)27(32)30(19-22-10-7-17-35-22)28-29-25-16-13-23(36-2)18-26(25)37-28/h11-16,18,21-22H,3-10,17,19H2,1-2H3. The van der Waals surface area contributed by atoms with Gasteiger partial charge in [0.1, 0.15) is 0 Å². The number of fused-ring (bicyclic) bond motifs is 1. The Balaban J connectivity index is 1.42. The fourth-order valence-electron chi connectivity index (χ4n) is 5.43. The number of hydrogen-bond donors (Lipinski definition) is 0. The van der Waals surface area contributed by atoms with E-state index in [1.165, 1.54) is 17.8 Å². The molecule has 1 aliphatic carbocycles. The van der Waals surface area contributed by atoms with E-state index in [-0.39, 0.29) is 22.9 Å². The molecule has 1 saturated heterocycles. The number of thiazole rings is 1. The molecule has 2 aliphatic rings. The van der Waals surface area contributed by atoms with Crippen LogP contribution in [0.3, 0.4) is 0 Å². The van der Waals surface area contributed by atoms with Gasteiger partial charge in [-0.1, -0.05) is 37.5 Å². The Morgan fingerprint density at radius 2 is 1.84 bits per heavy atom. The predicted octanol–water partition coefficient (Wildman–Crippen LogP) is 6.19. The summed E-state index contributed by atoms with van der Waals surface area (Å²) in [6.07, 6.45) is 8.98. The number of sulfonamides is 1. The number of thioether (sulfide) groups is 1. The van der Waals surface area contributed by atoms with Gasteiger partial charge in [0, 0.05) is 29.7 Å². The van der Waals surface area contributed by atoms with Crippen molar-refractivity contribution in [3.05, 3.63) is 48.0 Å². The van der Waals surface area contributed by atoms with Crippen LogP contribution < -0.4 is 4.90 Å². The third-order valence-corrected chi connectivity index (χ3v) is 11.3. The first kappa shape index (κ1) is 27.6. The van der Waals surface area contributed by atoms with E-state index in [4.69, 9.17) is 9.72 Å². The lowest BCUT2D eigenvalue weighted by molar-refractivity contribution is 0.0917. The van der Waals surface area contributed by atoms with Gasteiger partial charge in [0.15, 0.2) is 5.13 Å². The number of ether oxygens (including phenoxy) is 1. The van der Waals surface area contributed by atoms with Gasteiger partial charge >= 0.3 is 0 Å². The summed E-state index contributed by atoms with van der Waals surface area (Å²) in [6.45, 7) is 3.45. The number of carbonyl (C=O) groups is 1. The first-order valence-electron chi connectivity index (χ1n) is 13.4. The lowest BCUT2D eigenvalue weighted by atomic mass is 9.95. The van der Waals surface area contributed by atoms with Crippen molar-refractivity contribution < 1.29 is 17.9 Å². The van der Waals surface area contributed by atoms with Gasteiger partial charge in [0.2, 0.25) is 10.0 Å². The molecule has 1 amide bonds. The first-order valence-corrected chi connectivity index (χ1v) is 16.9. The Morgan fingerprint density at radius 3 is 2.50 bits per heavy atom. The lowest BCUT2D eigenvalue weighted by Gasteiger charge is -2.32. The van der Waals surface area contributed by atoms with Gasteiger partial charge in [0.05, 0.1) is 27.8 Å². The number of rotatable bonds is 9. The summed E-state index contributed by atoms with van der Waals surface area (Å²) in [4.78, 5) is 21.7. The topological polar surface area (TPSA) is 79.8 Å². The highest BCUT2D eigenvalue weighted by Crippen LogP contribution is 2.33. The smallest absolute Gasteiger partial charge is 0.260 e. The summed E-state index contributed by atoms with van der Waals surface area (Å²) in [7, 11) is -3.63. The van der Waals surface area contributed by atoms with E-state index in [9.17, 15) is 13.2 Å². The highest BCUT2D eigenvalue weighted by Gasteiger charge is 2.32. The van der Waals surface area contributed by atoms with Crippen molar-refractivity contribution in [1.29, 1.82) is 0 Å². The van der Waals surface area contributed by atoms with Gasteiger partial charge in [-0.25, -0.2) is 13.4 Å². The molecule has 1 aromatic heterocycles. The molecule has 0 spiro atoms.